The van der Waals surface area contributed by atoms with Crippen LogP contribution in [0.1, 0.15) is 10.5 Å². The summed E-state index contributed by atoms with van der Waals surface area (Å²) in [6.45, 7) is 0.583. The molecule has 134 valence electrons. The average molecular weight is 375 g/mol. The van der Waals surface area contributed by atoms with Crippen molar-refractivity contribution in [3.63, 3.8) is 0 Å². The van der Waals surface area contributed by atoms with Gasteiger partial charge in [-0.05, 0) is 24.3 Å². The first-order valence-electron chi connectivity index (χ1n) is 7.72. The van der Waals surface area contributed by atoms with E-state index in [4.69, 9.17) is 16.3 Å². The Balaban J connectivity index is 1.69. The van der Waals surface area contributed by atoms with Gasteiger partial charge in [0.2, 0.25) is 0 Å². The number of aromatic amines is 1. The van der Waals surface area contributed by atoms with E-state index in [9.17, 15) is 14.9 Å². The Morgan fingerprint density at radius 3 is 2.88 bits per heavy atom. The number of carbonyl (C=O) groups is 1. The molecule has 0 aliphatic carbocycles. The Kier molecular flexibility index (Phi) is 5.04. The standard InChI is InChI=1S/C17H15ClN4O4/c1-21(7-8-26-13-4-2-3-11(18)9-13)17(23)16-14-10-12(22(24)25)5-6-15(14)19-20-16/h2-6,9-10H,7-8H2,1H3,(H,19,20). The number of carbonyl (C=O) groups excluding carboxylic acids is 1. The topological polar surface area (TPSA) is 101 Å². The predicted molar refractivity (Wildman–Crippen MR) is 96.7 cm³/mol. The Morgan fingerprint density at radius 1 is 1.35 bits per heavy atom. The van der Waals surface area contributed by atoms with Crippen LogP contribution in [0, 0.1) is 10.1 Å². The SMILES string of the molecule is CN(CCOc1cccc(Cl)c1)C(=O)c1n[nH]c2ccc([N+](=O)[O-])cc12. The van der Waals surface area contributed by atoms with Crippen molar-refractivity contribution in [2.75, 3.05) is 20.2 Å². The van der Waals surface area contributed by atoms with E-state index >= 15 is 0 Å². The molecule has 2 aromatic carbocycles. The van der Waals surface area contributed by atoms with Crippen molar-refractivity contribution in [2.45, 2.75) is 0 Å². The molecule has 1 heterocycles. The first kappa shape index (κ1) is 17.7. The van der Waals surface area contributed by atoms with Gasteiger partial charge in [0.05, 0.1) is 17.0 Å². The molecule has 0 unspecified atom stereocenters. The van der Waals surface area contributed by atoms with E-state index in [1.165, 1.54) is 23.1 Å². The summed E-state index contributed by atoms with van der Waals surface area (Å²) in [6.07, 6.45) is 0. The first-order valence-corrected chi connectivity index (χ1v) is 8.10. The van der Waals surface area contributed by atoms with Gasteiger partial charge in [-0.2, -0.15) is 5.10 Å². The molecule has 0 spiro atoms. The molecule has 0 saturated heterocycles. The van der Waals surface area contributed by atoms with Crippen LogP contribution in [0.25, 0.3) is 10.9 Å². The number of hydrogen-bond acceptors (Lipinski definition) is 5. The lowest BCUT2D eigenvalue weighted by molar-refractivity contribution is -0.384. The van der Waals surface area contributed by atoms with Crippen molar-refractivity contribution >= 4 is 34.1 Å². The third kappa shape index (κ3) is 3.75. The highest BCUT2D eigenvalue weighted by Crippen LogP contribution is 2.23. The summed E-state index contributed by atoms with van der Waals surface area (Å²) < 4.78 is 5.57. The number of rotatable bonds is 6. The van der Waals surface area contributed by atoms with Crippen LogP contribution in [-0.4, -0.2) is 46.1 Å². The van der Waals surface area contributed by atoms with Crippen LogP contribution in [0.4, 0.5) is 5.69 Å². The molecule has 3 rings (SSSR count). The molecule has 9 heteroatoms. The summed E-state index contributed by atoms with van der Waals surface area (Å²) in [5, 5.41) is 18.6. The molecule has 8 nitrogen and oxygen atoms in total. The number of nitro groups is 1. The maximum absolute atomic E-state index is 12.6. The normalized spacial score (nSPS) is 10.7. The third-order valence-corrected chi connectivity index (χ3v) is 4.03. The Labute approximate surface area is 153 Å². The second-order valence-electron chi connectivity index (χ2n) is 5.59. The van der Waals surface area contributed by atoms with E-state index in [1.807, 2.05) is 0 Å². The average Bonchev–Trinajstić information content (AvgIpc) is 3.04. The van der Waals surface area contributed by atoms with E-state index in [2.05, 4.69) is 10.2 Å². The second kappa shape index (κ2) is 7.40. The highest BCUT2D eigenvalue weighted by Gasteiger charge is 2.20. The van der Waals surface area contributed by atoms with Crippen molar-refractivity contribution in [1.29, 1.82) is 0 Å². The Morgan fingerprint density at radius 2 is 2.15 bits per heavy atom. The number of nitrogens with one attached hydrogen (secondary N) is 1. The molecule has 0 radical (unpaired) electrons. The molecule has 1 N–H and O–H groups in total. The van der Waals surface area contributed by atoms with Gasteiger partial charge in [-0.15, -0.1) is 0 Å². The number of non-ortho nitro benzene ring substituents is 1. The molecular weight excluding hydrogens is 360 g/mol. The fourth-order valence-electron chi connectivity index (χ4n) is 2.42. The fraction of sp³-hybridized carbons (Fsp3) is 0.176. The quantitative estimate of drug-likeness (QED) is 0.527. The third-order valence-electron chi connectivity index (χ3n) is 3.80. The van der Waals surface area contributed by atoms with Gasteiger partial charge in [-0.25, -0.2) is 0 Å². The van der Waals surface area contributed by atoms with Crippen LogP contribution >= 0.6 is 11.6 Å². The van der Waals surface area contributed by atoms with Gasteiger partial charge in [0.15, 0.2) is 5.69 Å². The molecule has 0 saturated carbocycles. The summed E-state index contributed by atoms with van der Waals surface area (Å²) in [4.78, 5) is 24.5. The lowest BCUT2D eigenvalue weighted by Gasteiger charge is -2.16. The Hall–Kier alpha value is -3.13. The summed E-state index contributed by atoms with van der Waals surface area (Å²) in [5.41, 5.74) is 0.594. The second-order valence-corrected chi connectivity index (χ2v) is 6.03. The lowest BCUT2D eigenvalue weighted by atomic mass is 10.2. The van der Waals surface area contributed by atoms with Crippen molar-refractivity contribution in [3.8, 4) is 5.75 Å². The summed E-state index contributed by atoms with van der Waals surface area (Å²) >= 11 is 5.89. The minimum absolute atomic E-state index is 0.0973. The van der Waals surface area contributed by atoms with Gasteiger partial charge < -0.3 is 9.64 Å². The molecule has 0 aliphatic rings. The van der Waals surface area contributed by atoms with Crippen LogP contribution < -0.4 is 4.74 Å². The van der Waals surface area contributed by atoms with E-state index in [1.54, 1.807) is 31.3 Å². The van der Waals surface area contributed by atoms with Crippen molar-refractivity contribution < 1.29 is 14.5 Å². The molecule has 0 fully saturated rings. The van der Waals surface area contributed by atoms with E-state index in [0.29, 0.717) is 28.2 Å². The number of halogens is 1. The number of fused-ring (bicyclic) bond motifs is 1. The first-order chi connectivity index (χ1) is 12.5. The van der Waals surface area contributed by atoms with Crippen LogP contribution in [0.5, 0.6) is 5.75 Å². The minimum Gasteiger partial charge on any atom is -0.492 e. The fourth-order valence-corrected chi connectivity index (χ4v) is 2.60. The molecule has 1 amide bonds. The van der Waals surface area contributed by atoms with E-state index < -0.39 is 4.92 Å². The zero-order valence-corrected chi connectivity index (χ0v) is 14.6. The summed E-state index contributed by atoms with van der Waals surface area (Å²) in [6, 6.07) is 11.2. The molecule has 1 aromatic heterocycles. The maximum Gasteiger partial charge on any atom is 0.274 e. The van der Waals surface area contributed by atoms with Gasteiger partial charge >= 0.3 is 0 Å². The summed E-state index contributed by atoms with van der Waals surface area (Å²) in [7, 11) is 1.61. The predicted octanol–water partition coefficient (Wildman–Crippen LogP) is 3.28. The number of hydrogen-bond donors (Lipinski definition) is 1. The van der Waals surface area contributed by atoms with Crippen LogP contribution in [-0.2, 0) is 0 Å². The number of aromatic nitrogens is 2. The van der Waals surface area contributed by atoms with Crippen LogP contribution in [0.2, 0.25) is 5.02 Å². The number of H-pyrrole nitrogens is 1. The summed E-state index contributed by atoms with van der Waals surface area (Å²) in [5.74, 6) is 0.255. The number of likely N-dealkylation sites (N-methyl/N-ethyl adjacent to an activating group) is 1. The monoisotopic (exact) mass is 374 g/mol. The smallest absolute Gasteiger partial charge is 0.274 e. The Bertz CT molecular complexity index is 972. The zero-order valence-electron chi connectivity index (χ0n) is 13.8. The van der Waals surface area contributed by atoms with Crippen molar-refractivity contribution in [3.05, 3.63) is 63.3 Å². The van der Waals surface area contributed by atoms with Crippen LogP contribution in [0.3, 0.4) is 0 Å². The molecule has 0 atom stereocenters. The van der Waals surface area contributed by atoms with Gasteiger partial charge in [0.1, 0.15) is 12.4 Å². The number of benzene rings is 2. The number of nitro benzene ring substituents is 1. The van der Waals surface area contributed by atoms with E-state index in [0.717, 1.165) is 0 Å². The van der Waals surface area contributed by atoms with Gasteiger partial charge in [0, 0.05) is 29.6 Å². The largest absolute Gasteiger partial charge is 0.492 e. The number of ether oxygens (including phenoxy) is 1. The highest BCUT2D eigenvalue weighted by molar-refractivity contribution is 6.30. The minimum atomic E-state index is -0.511. The molecule has 0 bridgehead atoms. The maximum atomic E-state index is 12.6. The van der Waals surface area contributed by atoms with E-state index in [-0.39, 0.29) is 23.9 Å². The number of nitrogens with zero attached hydrogens (tertiary/aromatic N) is 3. The zero-order chi connectivity index (χ0) is 18.7. The number of amides is 1. The van der Waals surface area contributed by atoms with Gasteiger partial charge in [-0.3, -0.25) is 20.0 Å². The van der Waals surface area contributed by atoms with Gasteiger partial charge in [0.25, 0.3) is 11.6 Å². The van der Waals surface area contributed by atoms with Gasteiger partial charge in [-0.1, -0.05) is 17.7 Å². The molecule has 3 aromatic rings. The molecule has 26 heavy (non-hydrogen) atoms. The van der Waals surface area contributed by atoms with Crippen molar-refractivity contribution in [2.24, 2.45) is 0 Å². The lowest BCUT2D eigenvalue weighted by Crippen LogP contribution is -2.31. The molecule has 0 aliphatic heterocycles. The molecular formula is C17H15ClN4O4. The van der Waals surface area contributed by atoms with Crippen molar-refractivity contribution in [1.82, 2.24) is 15.1 Å². The highest BCUT2D eigenvalue weighted by atomic mass is 35.5. The van der Waals surface area contributed by atoms with Crippen LogP contribution in [0.15, 0.2) is 42.5 Å².